The van der Waals surface area contributed by atoms with Crippen LogP contribution in [0.15, 0.2) is 48.5 Å². The van der Waals surface area contributed by atoms with Crippen LogP contribution in [0.2, 0.25) is 5.02 Å². The molecule has 0 aromatic heterocycles. The summed E-state index contributed by atoms with van der Waals surface area (Å²) in [5, 5.41) is 3.55. The number of halogens is 1. The number of nitrogens with one attached hydrogen (secondary N) is 1. The first-order valence-corrected chi connectivity index (χ1v) is 9.29. The Morgan fingerprint density at radius 1 is 1.04 bits per heavy atom. The number of amides is 1. The molecular formula is C21H27ClN2O2. The van der Waals surface area contributed by atoms with Crippen molar-refractivity contribution in [2.45, 2.75) is 39.8 Å². The van der Waals surface area contributed by atoms with E-state index in [4.69, 9.17) is 16.3 Å². The highest BCUT2D eigenvalue weighted by molar-refractivity contribution is 6.30. The molecule has 0 bridgehead atoms. The average Bonchev–Trinajstić information content (AvgIpc) is 2.62. The number of anilines is 1. The van der Waals surface area contributed by atoms with Crippen molar-refractivity contribution in [2.24, 2.45) is 0 Å². The number of ether oxygens (including phenoxy) is 1. The van der Waals surface area contributed by atoms with Gasteiger partial charge in [-0.2, -0.15) is 0 Å². The fourth-order valence-electron chi connectivity index (χ4n) is 2.52. The van der Waals surface area contributed by atoms with Crippen molar-refractivity contribution in [3.05, 3.63) is 59.1 Å². The van der Waals surface area contributed by atoms with Crippen LogP contribution < -0.4 is 10.1 Å². The maximum atomic E-state index is 12.6. The minimum absolute atomic E-state index is 0.205. The van der Waals surface area contributed by atoms with Crippen molar-refractivity contribution in [1.82, 2.24) is 4.90 Å². The molecule has 140 valence electrons. The molecule has 0 radical (unpaired) electrons. The van der Waals surface area contributed by atoms with E-state index in [1.165, 1.54) is 5.56 Å². The Hall–Kier alpha value is -2.04. The Morgan fingerprint density at radius 2 is 1.62 bits per heavy atom. The van der Waals surface area contributed by atoms with E-state index >= 15 is 0 Å². The molecule has 2 aromatic rings. The van der Waals surface area contributed by atoms with Gasteiger partial charge in [0.25, 0.3) is 5.91 Å². The number of rotatable bonds is 8. The molecule has 0 unspecified atom stereocenters. The summed E-state index contributed by atoms with van der Waals surface area (Å²) in [4.78, 5) is 14.9. The third-order valence-corrected chi connectivity index (χ3v) is 4.50. The normalized spacial score (nSPS) is 11.5. The second-order valence-electron chi connectivity index (χ2n) is 6.68. The maximum absolute atomic E-state index is 12.6. The van der Waals surface area contributed by atoms with Gasteiger partial charge in [-0.05, 0) is 68.9 Å². The van der Waals surface area contributed by atoms with Crippen molar-refractivity contribution in [2.75, 3.05) is 18.4 Å². The number of carbonyl (C=O) groups is 1. The maximum Gasteiger partial charge on any atom is 0.267 e. The lowest BCUT2D eigenvalue weighted by molar-refractivity contribution is -0.128. The summed E-state index contributed by atoms with van der Waals surface area (Å²) < 4.78 is 5.82. The molecule has 0 aliphatic heterocycles. The van der Waals surface area contributed by atoms with Crippen molar-refractivity contribution < 1.29 is 9.53 Å². The molecule has 0 spiro atoms. The van der Waals surface area contributed by atoms with Gasteiger partial charge in [-0.25, -0.2) is 0 Å². The SMILES string of the molecule is CCN(CC)Cc1ccc(NC(=O)C(C)(C)Oc2ccc(Cl)cc2)cc1. The van der Waals surface area contributed by atoms with E-state index in [0.717, 1.165) is 25.3 Å². The lowest BCUT2D eigenvalue weighted by Crippen LogP contribution is -2.42. The van der Waals surface area contributed by atoms with Gasteiger partial charge in [-0.15, -0.1) is 0 Å². The quantitative estimate of drug-likeness (QED) is 0.708. The summed E-state index contributed by atoms with van der Waals surface area (Å²) in [7, 11) is 0. The number of benzene rings is 2. The molecule has 0 heterocycles. The van der Waals surface area contributed by atoms with Gasteiger partial charge in [-0.3, -0.25) is 9.69 Å². The van der Waals surface area contributed by atoms with Gasteiger partial charge in [-0.1, -0.05) is 37.6 Å². The largest absolute Gasteiger partial charge is 0.478 e. The van der Waals surface area contributed by atoms with Crippen LogP contribution in [0.25, 0.3) is 0 Å². The molecule has 0 saturated heterocycles. The molecule has 0 fully saturated rings. The Bertz CT molecular complexity index is 708. The minimum atomic E-state index is -1.01. The fourth-order valence-corrected chi connectivity index (χ4v) is 2.65. The first-order valence-electron chi connectivity index (χ1n) is 8.91. The van der Waals surface area contributed by atoms with Crippen LogP contribution in [0, 0.1) is 0 Å². The molecule has 26 heavy (non-hydrogen) atoms. The topological polar surface area (TPSA) is 41.6 Å². The van der Waals surface area contributed by atoms with E-state index in [1.807, 2.05) is 24.3 Å². The van der Waals surface area contributed by atoms with Crippen LogP contribution >= 0.6 is 11.6 Å². The molecule has 0 saturated carbocycles. The van der Waals surface area contributed by atoms with Crippen LogP contribution in [0.1, 0.15) is 33.3 Å². The molecule has 1 N–H and O–H groups in total. The number of hydrogen-bond donors (Lipinski definition) is 1. The fraction of sp³-hybridized carbons (Fsp3) is 0.381. The van der Waals surface area contributed by atoms with Gasteiger partial charge in [0.2, 0.25) is 0 Å². The standard InChI is InChI=1S/C21H27ClN2O2/c1-5-24(6-2)15-16-7-11-18(12-8-16)23-20(25)21(3,4)26-19-13-9-17(22)10-14-19/h7-14H,5-6,15H2,1-4H3,(H,23,25). The zero-order chi connectivity index (χ0) is 19.2. The van der Waals surface area contributed by atoms with E-state index in [1.54, 1.807) is 38.1 Å². The highest BCUT2D eigenvalue weighted by atomic mass is 35.5. The Kier molecular flexibility index (Phi) is 7.06. The van der Waals surface area contributed by atoms with Crippen molar-refractivity contribution >= 4 is 23.2 Å². The molecule has 2 aromatic carbocycles. The van der Waals surface area contributed by atoms with Gasteiger partial charge in [0.05, 0.1) is 0 Å². The third kappa shape index (κ3) is 5.75. The summed E-state index contributed by atoms with van der Waals surface area (Å²) in [5.41, 5.74) is 0.975. The summed E-state index contributed by atoms with van der Waals surface area (Å²) in [6, 6.07) is 14.9. The van der Waals surface area contributed by atoms with Gasteiger partial charge >= 0.3 is 0 Å². The molecule has 0 aliphatic rings. The van der Waals surface area contributed by atoms with E-state index in [0.29, 0.717) is 10.8 Å². The predicted molar refractivity (Wildman–Crippen MR) is 108 cm³/mol. The smallest absolute Gasteiger partial charge is 0.267 e. The van der Waals surface area contributed by atoms with E-state index in [-0.39, 0.29) is 5.91 Å². The van der Waals surface area contributed by atoms with Crippen LogP contribution in [-0.4, -0.2) is 29.5 Å². The molecule has 5 heteroatoms. The highest BCUT2D eigenvalue weighted by Crippen LogP contribution is 2.22. The van der Waals surface area contributed by atoms with Crippen molar-refractivity contribution in [3.63, 3.8) is 0 Å². The molecule has 4 nitrogen and oxygen atoms in total. The summed E-state index contributed by atoms with van der Waals surface area (Å²) in [5.74, 6) is 0.396. The molecular weight excluding hydrogens is 348 g/mol. The highest BCUT2D eigenvalue weighted by Gasteiger charge is 2.30. The third-order valence-electron chi connectivity index (χ3n) is 4.25. The molecule has 0 atom stereocenters. The van der Waals surface area contributed by atoms with E-state index in [2.05, 4.69) is 24.1 Å². The first-order chi connectivity index (χ1) is 12.3. The predicted octanol–water partition coefficient (Wildman–Crippen LogP) is 4.98. The molecule has 0 aliphatic carbocycles. The number of carbonyl (C=O) groups excluding carboxylic acids is 1. The van der Waals surface area contributed by atoms with Crippen LogP contribution in [0.3, 0.4) is 0 Å². The van der Waals surface area contributed by atoms with Crippen molar-refractivity contribution in [3.8, 4) is 5.75 Å². The molecule has 2 rings (SSSR count). The van der Waals surface area contributed by atoms with Crippen molar-refractivity contribution in [1.29, 1.82) is 0 Å². The second-order valence-corrected chi connectivity index (χ2v) is 7.12. The number of hydrogen-bond acceptors (Lipinski definition) is 3. The minimum Gasteiger partial charge on any atom is -0.478 e. The monoisotopic (exact) mass is 374 g/mol. The molecule has 1 amide bonds. The zero-order valence-electron chi connectivity index (χ0n) is 15.9. The summed E-state index contributed by atoms with van der Waals surface area (Å²) in [6.45, 7) is 10.7. The lowest BCUT2D eigenvalue weighted by atomic mass is 10.1. The lowest BCUT2D eigenvalue weighted by Gasteiger charge is -2.25. The van der Waals surface area contributed by atoms with E-state index < -0.39 is 5.60 Å². The number of nitrogens with zero attached hydrogens (tertiary/aromatic N) is 1. The van der Waals surface area contributed by atoms with Gasteiger partial charge in [0.15, 0.2) is 5.60 Å². The second kappa shape index (κ2) is 9.06. The average molecular weight is 375 g/mol. The van der Waals surface area contributed by atoms with Gasteiger partial charge < -0.3 is 10.1 Å². The van der Waals surface area contributed by atoms with Gasteiger partial charge in [0, 0.05) is 17.3 Å². The first kappa shape index (κ1) is 20.3. The van der Waals surface area contributed by atoms with E-state index in [9.17, 15) is 4.79 Å². The summed E-state index contributed by atoms with van der Waals surface area (Å²) >= 11 is 5.88. The van der Waals surface area contributed by atoms with Crippen LogP contribution in [-0.2, 0) is 11.3 Å². The van der Waals surface area contributed by atoms with Crippen LogP contribution in [0.5, 0.6) is 5.75 Å². The Morgan fingerprint density at radius 3 is 2.15 bits per heavy atom. The zero-order valence-corrected chi connectivity index (χ0v) is 16.6. The Balaban J connectivity index is 1.98. The van der Waals surface area contributed by atoms with Gasteiger partial charge in [0.1, 0.15) is 5.75 Å². The summed E-state index contributed by atoms with van der Waals surface area (Å²) in [6.07, 6.45) is 0. The Labute approximate surface area is 161 Å². The van der Waals surface area contributed by atoms with Crippen LogP contribution in [0.4, 0.5) is 5.69 Å².